The molecule has 200 valence electrons. The van der Waals surface area contributed by atoms with E-state index in [0.29, 0.717) is 18.1 Å². The molecule has 5 aromatic rings. The Morgan fingerprint density at radius 2 is 1.85 bits per heavy atom. The van der Waals surface area contributed by atoms with Gasteiger partial charge in [0, 0.05) is 38.0 Å². The molecule has 39 heavy (non-hydrogen) atoms. The van der Waals surface area contributed by atoms with Crippen molar-refractivity contribution in [3.63, 3.8) is 0 Å². The van der Waals surface area contributed by atoms with Gasteiger partial charge < -0.3 is 19.0 Å². The Balaban J connectivity index is 1.18. The second-order valence-corrected chi connectivity index (χ2v) is 10.3. The Hall–Kier alpha value is -4.01. The summed E-state index contributed by atoms with van der Waals surface area (Å²) in [6, 6.07) is 18.6. The van der Waals surface area contributed by atoms with Crippen LogP contribution in [-0.4, -0.2) is 57.7 Å². The van der Waals surface area contributed by atoms with Crippen molar-refractivity contribution in [2.45, 2.75) is 31.9 Å². The number of nitrogens with one attached hydrogen (secondary N) is 1. The Morgan fingerprint density at radius 1 is 1.05 bits per heavy atom. The van der Waals surface area contributed by atoms with Gasteiger partial charge in [0.05, 0.1) is 23.7 Å². The number of aromatic nitrogens is 4. The third-order valence-electron chi connectivity index (χ3n) is 7.93. The normalized spacial score (nSPS) is 14.8. The van der Waals surface area contributed by atoms with Crippen molar-refractivity contribution in [1.82, 2.24) is 24.4 Å². The molecule has 8 heteroatoms. The van der Waals surface area contributed by atoms with Crippen LogP contribution in [0.3, 0.4) is 0 Å². The molecule has 2 aromatic carbocycles. The fourth-order valence-corrected chi connectivity index (χ4v) is 5.77. The third-order valence-corrected chi connectivity index (χ3v) is 7.93. The lowest BCUT2D eigenvalue weighted by atomic mass is 9.89. The molecule has 0 aliphatic carbocycles. The minimum absolute atomic E-state index is 0.290. The highest BCUT2D eigenvalue weighted by atomic mass is 16.5. The highest BCUT2D eigenvalue weighted by Crippen LogP contribution is 2.33. The zero-order chi connectivity index (χ0) is 26.9. The average Bonchev–Trinajstić information content (AvgIpc) is 3.52. The van der Waals surface area contributed by atoms with E-state index >= 15 is 0 Å². The number of imidazole rings is 1. The number of fused-ring (bicyclic) bond motifs is 2. The monoisotopic (exact) mass is 523 g/mol. The van der Waals surface area contributed by atoms with Crippen LogP contribution < -0.4 is 0 Å². The summed E-state index contributed by atoms with van der Waals surface area (Å²) in [5.41, 5.74) is 8.39. The molecule has 4 heterocycles. The zero-order valence-electron chi connectivity index (χ0n) is 22.6. The lowest BCUT2D eigenvalue weighted by molar-refractivity contribution is 0.0600. The summed E-state index contributed by atoms with van der Waals surface area (Å²) >= 11 is 0. The number of nitrogens with zero attached hydrogens (tertiary/aromatic N) is 4. The molecule has 0 bridgehead atoms. The van der Waals surface area contributed by atoms with Crippen molar-refractivity contribution in [3.8, 4) is 11.1 Å². The Labute approximate surface area is 227 Å². The van der Waals surface area contributed by atoms with Crippen molar-refractivity contribution >= 4 is 28.0 Å². The van der Waals surface area contributed by atoms with Crippen LogP contribution in [0.25, 0.3) is 33.2 Å². The molecule has 8 nitrogen and oxygen atoms in total. The number of hydrogen-bond donors (Lipinski definition) is 1. The number of hydrogen-bond acceptors (Lipinski definition) is 6. The van der Waals surface area contributed by atoms with Gasteiger partial charge in [-0.15, -0.1) is 0 Å². The second-order valence-electron chi connectivity index (χ2n) is 10.3. The van der Waals surface area contributed by atoms with E-state index in [9.17, 15) is 4.79 Å². The van der Waals surface area contributed by atoms with Crippen LogP contribution in [0.4, 0.5) is 0 Å². The van der Waals surface area contributed by atoms with Gasteiger partial charge in [0.25, 0.3) is 0 Å². The summed E-state index contributed by atoms with van der Waals surface area (Å²) in [4.78, 5) is 27.0. The molecule has 1 fully saturated rings. The summed E-state index contributed by atoms with van der Waals surface area (Å²) in [6.45, 7) is 3.42. The smallest absolute Gasteiger partial charge is 0.337 e. The highest BCUT2D eigenvalue weighted by Gasteiger charge is 2.22. The molecule has 0 unspecified atom stereocenters. The number of benzene rings is 2. The molecular weight excluding hydrogens is 490 g/mol. The number of aromatic amines is 1. The molecule has 1 N–H and O–H groups in total. The van der Waals surface area contributed by atoms with Gasteiger partial charge in [-0.2, -0.15) is 0 Å². The maximum absolute atomic E-state index is 11.7. The molecule has 1 aliphatic heterocycles. The van der Waals surface area contributed by atoms with Gasteiger partial charge >= 0.3 is 5.97 Å². The molecule has 1 aliphatic rings. The standard InChI is InChI=1S/C31H33N5O3/c1-35-24(18-36-14-11-21(12-15-36)20-4-6-22(7-5-20)31(37)39-3)17-26-25(10-13-32-30(26)35)23-8-9-27-28(16-23)34-29(33-27)19-38-2/h4-10,13,16-17,21H,11-12,14-15,18-19H2,1-3H3,(H,33,34). The van der Waals surface area contributed by atoms with Crippen LogP contribution in [-0.2, 0) is 29.7 Å². The van der Waals surface area contributed by atoms with Crippen molar-refractivity contribution in [1.29, 1.82) is 0 Å². The first-order valence-electron chi connectivity index (χ1n) is 13.4. The van der Waals surface area contributed by atoms with E-state index in [1.54, 1.807) is 7.11 Å². The SMILES string of the molecule is COCc1nc2ccc(-c3ccnc4c3cc(CN3CCC(c5ccc(C(=O)OC)cc5)CC3)n4C)cc2[nH]1. The van der Waals surface area contributed by atoms with Crippen molar-refractivity contribution in [2.24, 2.45) is 7.05 Å². The van der Waals surface area contributed by atoms with Crippen LogP contribution in [0.2, 0.25) is 0 Å². The number of carbonyl (C=O) groups excluding carboxylic acids is 1. The number of carbonyl (C=O) groups is 1. The topological polar surface area (TPSA) is 85.3 Å². The number of methoxy groups -OCH3 is 2. The van der Waals surface area contributed by atoms with Gasteiger partial charge in [0.1, 0.15) is 18.1 Å². The number of piperidine rings is 1. The Morgan fingerprint density at radius 3 is 2.59 bits per heavy atom. The zero-order valence-corrected chi connectivity index (χ0v) is 22.6. The first kappa shape index (κ1) is 25.3. The summed E-state index contributed by atoms with van der Waals surface area (Å²) in [5.74, 6) is 1.05. The first-order chi connectivity index (χ1) is 19.0. The molecule has 0 spiro atoms. The van der Waals surface area contributed by atoms with Gasteiger partial charge in [0.15, 0.2) is 0 Å². The van der Waals surface area contributed by atoms with E-state index in [2.05, 4.69) is 68.9 Å². The molecule has 3 aromatic heterocycles. The number of rotatable bonds is 7. The van der Waals surface area contributed by atoms with Crippen molar-refractivity contribution in [3.05, 3.63) is 83.4 Å². The van der Waals surface area contributed by atoms with E-state index in [1.165, 1.54) is 23.9 Å². The maximum Gasteiger partial charge on any atom is 0.337 e. The van der Waals surface area contributed by atoms with E-state index < -0.39 is 0 Å². The summed E-state index contributed by atoms with van der Waals surface area (Å²) in [5, 5.41) is 1.16. The van der Waals surface area contributed by atoms with E-state index in [1.807, 2.05) is 18.3 Å². The van der Waals surface area contributed by atoms with Gasteiger partial charge in [-0.3, -0.25) is 4.90 Å². The Bertz CT molecular complexity index is 1630. The van der Waals surface area contributed by atoms with Gasteiger partial charge in [-0.1, -0.05) is 18.2 Å². The number of likely N-dealkylation sites (tertiary alicyclic amines) is 1. The van der Waals surface area contributed by atoms with Crippen LogP contribution >= 0.6 is 0 Å². The summed E-state index contributed by atoms with van der Waals surface area (Å²) in [6.07, 6.45) is 4.09. The molecule has 0 radical (unpaired) electrons. The third kappa shape index (κ3) is 4.93. The molecular formula is C31H33N5O3. The van der Waals surface area contributed by atoms with Crippen LogP contribution in [0.1, 0.15) is 46.2 Å². The molecule has 0 atom stereocenters. The summed E-state index contributed by atoms with van der Waals surface area (Å²) < 4.78 is 12.3. The lowest BCUT2D eigenvalue weighted by Crippen LogP contribution is -2.33. The molecule has 0 amide bonds. The van der Waals surface area contributed by atoms with Crippen LogP contribution in [0.5, 0.6) is 0 Å². The second kappa shape index (κ2) is 10.6. The van der Waals surface area contributed by atoms with Crippen molar-refractivity contribution in [2.75, 3.05) is 27.3 Å². The molecule has 6 rings (SSSR count). The largest absolute Gasteiger partial charge is 0.465 e. The number of esters is 1. The van der Waals surface area contributed by atoms with Gasteiger partial charge in [0.2, 0.25) is 0 Å². The quantitative estimate of drug-likeness (QED) is 0.287. The summed E-state index contributed by atoms with van der Waals surface area (Å²) in [7, 11) is 5.20. The molecule has 0 saturated carbocycles. The number of pyridine rings is 1. The van der Waals surface area contributed by atoms with Crippen LogP contribution in [0, 0.1) is 0 Å². The predicted octanol–water partition coefficient (Wildman–Crippen LogP) is 5.43. The predicted molar refractivity (Wildman–Crippen MR) is 152 cm³/mol. The van der Waals surface area contributed by atoms with E-state index in [0.717, 1.165) is 65.9 Å². The number of ether oxygens (including phenoxy) is 2. The Kier molecular flexibility index (Phi) is 6.89. The fourth-order valence-electron chi connectivity index (χ4n) is 5.77. The van der Waals surface area contributed by atoms with Gasteiger partial charge in [-0.05, 0) is 84.9 Å². The number of H-pyrrole nitrogens is 1. The highest BCUT2D eigenvalue weighted by molar-refractivity contribution is 5.96. The van der Waals surface area contributed by atoms with E-state index in [4.69, 9.17) is 14.5 Å². The minimum atomic E-state index is -0.290. The maximum atomic E-state index is 11.7. The van der Waals surface area contributed by atoms with Crippen LogP contribution in [0.15, 0.2) is 60.8 Å². The minimum Gasteiger partial charge on any atom is -0.465 e. The fraction of sp³-hybridized carbons (Fsp3) is 0.323. The van der Waals surface area contributed by atoms with Gasteiger partial charge in [-0.25, -0.2) is 14.8 Å². The lowest BCUT2D eigenvalue weighted by Gasteiger charge is -2.32. The van der Waals surface area contributed by atoms with E-state index in [-0.39, 0.29) is 5.97 Å². The molecule has 1 saturated heterocycles. The number of aryl methyl sites for hydroxylation is 1. The first-order valence-corrected chi connectivity index (χ1v) is 13.4. The van der Waals surface area contributed by atoms with Crippen molar-refractivity contribution < 1.29 is 14.3 Å². The average molecular weight is 524 g/mol.